The summed E-state index contributed by atoms with van der Waals surface area (Å²) in [5.74, 6) is 1.88. The number of hydrogen-bond acceptors (Lipinski definition) is 6. The Morgan fingerprint density at radius 1 is 1.17 bits per heavy atom. The third kappa shape index (κ3) is 2.28. The van der Waals surface area contributed by atoms with Crippen molar-refractivity contribution in [2.75, 3.05) is 0 Å². The minimum absolute atomic E-state index is 0.131. The standard InChI is InChI=1S/C12H18N4O2/c1-6-8(17-7(2)14-6)11-15-10(16-18-11)9(13)12(3,4)5/h9H,13H2,1-5H3. The number of nitrogens with two attached hydrogens (primary N) is 1. The summed E-state index contributed by atoms with van der Waals surface area (Å²) in [6.07, 6.45) is 0. The zero-order valence-electron chi connectivity index (χ0n) is 11.3. The van der Waals surface area contributed by atoms with E-state index < -0.39 is 0 Å². The van der Waals surface area contributed by atoms with Crippen LogP contribution in [-0.2, 0) is 0 Å². The number of aryl methyl sites for hydroxylation is 2. The van der Waals surface area contributed by atoms with Gasteiger partial charge in [-0.05, 0) is 12.3 Å². The van der Waals surface area contributed by atoms with Crippen LogP contribution in [0.4, 0.5) is 0 Å². The smallest absolute Gasteiger partial charge is 0.295 e. The Balaban J connectivity index is 2.34. The molecule has 2 aromatic rings. The molecule has 6 nitrogen and oxygen atoms in total. The van der Waals surface area contributed by atoms with Crippen molar-refractivity contribution in [3.05, 3.63) is 17.4 Å². The summed E-state index contributed by atoms with van der Waals surface area (Å²) in [5, 5.41) is 3.91. The Kier molecular flexibility index (Phi) is 2.98. The molecule has 0 aliphatic rings. The number of oxazole rings is 1. The highest BCUT2D eigenvalue weighted by atomic mass is 16.5. The van der Waals surface area contributed by atoms with E-state index in [0.717, 1.165) is 5.69 Å². The van der Waals surface area contributed by atoms with Crippen molar-refractivity contribution in [3.8, 4) is 11.7 Å². The molecule has 0 saturated carbocycles. The van der Waals surface area contributed by atoms with E-state index in [9.17, 15) is 0 Å². The molecule has 2 heterocycles. The first kappa shape index (κ1) is 12.8. The molecule has 1 unspecified atom stereocenters. The highest BCUT2D eigenvalue weighted by Crippen LogP contribution is 2.30. The molecule has 0 fully saturated rings. The molecular formula is C12H18N4O2. The second kappa shape index (κ2) is 4.20. The minimum atomic E-state index is -0.292. The van der Waals surface area contributed by atoms with Crippen LogP contribution in [0.1, 0.15) is 44.2 Å². The Morgan fingerprint density at radius 2 is 1.83 bits per heavy atom. The van der Waals surface area contributed by atoms with Crippen LogP contribution < -0.4 is 5.73 Å². The molecule has 2 aromatic heterocycles. The van der Waals surface area contributed by atoms with Crippen molar-refractivity contribution in [2.45, 2.75) is 40.7 Å². The molecule has 0 saturated heterocycles. The van der Waals surface area contributed by atoms with Crippen molar-refractivity contribution < 1.29 is 8.94 Å². The average Bonchev–Trinajstić information content (AvgIpc) is 2.82. The lowest BCUT2D eigenvalue weighted by molar-refractivity contribution is 0.303. The van der Waals surface area contributed by atoms with Crippen LogP contribution in [0.2, 0.25) is 0 Å². The van der Waals surface area contributed by atoms with Gasteiger partial charge in [0.15, 0.2) is 11.7 Å². The summed E-state index contributed by atoms with van der Waals surface area (Å²) in [6, 6.07) is -0.292. The second-order valence-corrected chi connectivity index (χ2v) is 5.45. The normalized spacial score (nSPS) is 13.9. The topological polar surface area (TPSA) is 91.0 Å². The molecule has 2 rings (SSSR count). The number of nitrogens with zero attached hydrogens (tertiary/aromatic N) is 3. The van der Waals surface area contributed by atoms with Crippen LogP contribution in [0.5, 0.6) is 0 Å². The van der Waals surface area contributed by atoms with Gasteiger partial charge >= 0.3 is 0 Å². The predicted octanol–water partition coefficient (Wildman–Crippen LogP) is 2.39. The minimum Gasteiger partial charge on any atom is -0.436 e. The van der Waals surface area contributed by atoms with Crippen molar-refractivity contribution >= 4 is 0 Å². The van der Waals surface area contributed by atoms with Crippen LogP contribution in [0.25, 0.3) is 11.7 Å². The number of rotatable bonds is 2. The number of hydrogen-bond donors (Lipinski definition) is 1. The van der Waals surface area contributed by atoms with Crippen molar-refractivity contribution in [2.24, 2.45) is 11.1 Å². The van der Waals surface area contributed by atoms with Crippen molar-refractivity contribution in [1.29, 1.82) is 0 Å². The monoisotopic (exact) mass is 250 g/mol. The SMILES string of the molecule is Cc1nc(C)c(-c2nc(C(N)C(C)(C)C)no2)o1. The maximum atomic E-state index is 6.08. The lowest BCUT2D eigenvalue weighted by atomic mass is 9.87. The first-order valence-electron chi connectivity index (χ1n) is 5.82. The van der Waals surface area contributed by atoms with E-state index in [4.69, 9.17) is 14.7 Å². The van der Waals surface area contributed by atoms with Gasteiger partial charge in [-0.2, -0.15) is 4.98 Å². The van der Waals surface area contributed by atoms with Gasteiger partial charge in [-0.25, -0.2) is 4.98 Å². The van der Waals surface area contributed by atoms with Gasteiger partial charge in [0.1, 0.15) is 0 Å². The van der Waals surface area contributed by atoms with Gasteiger partial charge in [0, 0.05) is 6.92 Å². The molecular weight excluding hydrogens is 232 g/mol. The van der Waals surface area contributed by atoms with Crippen molar-refractivity contribution in [3.63, 3.8) is 0 Å². The molecule has 0 aliphatic heterocycles. The summed E-state index contributed by atoms with van der Waals surface area (Å²) in [5.41, 5.74) is 6.67. The van der Waals surface area contributed by atoms with Gasteiger partial charge in [0.25, 0.3) is 5.89 Å². The van der Waals surface area contributed by atoms with Crippen LogP contribution in [0.15, 0.2) is 8.94 Å². The fraction of sp³-hybridized carbons (Fsp3) is 0.583. The summed E-state index contributed by atoms with van der Waals surface area (Å²) in [4.78, 5) is 8.45. The van der Waals surface area contributed by atoms with E-state index in [2.05, 4.69) is 15.1 Å². The first-order valence-corrected chi connectivity index (χ1v) is 5.82. The molecule has 1 atom stereocenters. The zero-order chi connectivity index (χ0) is 13.5. The van der Waals surface area contributed by atoms with E-state index in [1.165, 1.54) is 0 Å². The number of aromatic nitrogens is 3. The molecule has 18 heavy (non-hydrogen) atoms. The van der Waals surface area contributed by atoms with E-state index in [0.29, 0.717) is 23.4 Å². The van der Waals surface area contributed by atoms with Gasteiger partial charge in [-0.3, -0.25) is 0 Å². The molecule has 0 amide bonds. The van der Waals surface area contributed by atoms with E-state index in [-0.39, 0.29) is 11.5 Å². The van der Waals surface area contributed by atoms with Gasteiger partial charge in [-0.15, -0.1) is 0 Å². The highest BCUT2D eigenvalue weighted by molar-refractivity contribution is 5.47. The summed E-state index contributed by atoms with van der Waals surface area (Å²) in [6.45, 7) is 9.68. The van der Waals surface area contributed by atoms with Crippen LogP contribution in [0.3, 0.4) is 0 Å². The molecule has 0 aromatic carbocycles. The zero-order valence-corrected chi connectivity index (χ0v) is 11.3. The third-order valence-electron chi connectivity index (χ3n) is 2.75. The molecule has 98 valence electrons. The maximum Gasteiger partial charge on any atom is 0.295 e. The fourth-order valence-corrected chi connectivity index (χ4v) is 1.57. The Morgan fingerprint density at radius 3 is 2.33 bits per heavy atom. The predicted molar refractivity (Wildman–Crippen MR) is 65.7 cm³/mol. The van der Waals surface area contributed by atoms with E-state index >= 15 is 0 Å². The van der Waals surface area contributed by atoms with Crippen molar-refractivity contribution in [1.82, 2.24) is 15.1 Å². The Hall–Kier alpha value is -1.69. The van der Waals surface area contributed by atoms with E-state index in [1.54, 1.807) is 6.92 Å². The highest BCUT2D eigenvalue weighted by Gasteiger charge is 2.28. The Labute approximate surface area is 106 Å². The quantitative estimate of drug-likeness (QED) is 0.879. The van der Waals surface area contributed by atoms with Gasteiger partial charge in [-0.1, -0.05) is 25.9 Å². The summed E-state index contributed by atoms with van der Waals surface area (Å²) >= 11 is 0. The third-order valence-corrected chi connectivity index (χ3v) is 2.75. The van der Waals surface area contributed by atoms with Gasteiger partial charge in [0.2, 0.25) is 5.76 Å². The maximum absolute atomic E-state index is 6.08. The average molecular weight is 250 g/mol. The second-order valence-electron chi connectivity index (χ2n) is 5.45. The van der Waals surface area contributed by atoms with Gasteiger partial charge < -0.3 is 14.7 Å². The largest absolute Gasteiger partial charge is 0.436 e. The molecule has 0 radical (unpaired) electrons. The summed E-state index contributed by atoms with van der Waals surface area (Å²) < 4.78 is 10.6. The lowest BCUT2D eigenvalue weighted by Crippen LogP contribution is -2.27. The van der Waals surface area contributed by atoms with E-state index in [1.807, 2.05) is 27.7 Å². The fourth-order valence-electron chi connectivity index (χ4n) is 1.57. The Bertz CT molecular complexity index is 551. The molecule has 0 aliphatic carbocycles. The van der Waals surface area contributed by atoms with Crippen LogP contribution in [0, 0.1) is 19.3 Å². The lowest BCUT2D eigenvalue weighted by Gasteiger charge is -2.23. The molecule has 2 N–H and O–H groups in total. The molecule has 6 heteroatoms. The molecule has 0 bridgehead atoms. The molecule has 0 spiro atoms. The van der Waals surface area contributed by atoms with Crippen LogP contribution in [-0.4, -0.2) is 15.1 Å². The van der Waals surface area contributed by atoms with Gasteiger partial charge in [0.05, 0.1) is 11.7 Å². The summed E-state index contributed by atoms with van der Waals surface area (Å²) in [7, 11) is 0. The first-order chi connectivity index (χ1) is 8.29. The van der Waals surface area contributed by atoms with Crippen LogP contribution >= 0.6 is 0 Å².